The summed E-state index contributed by atoms with van der Waals surface area (Å²) in [5.41, 5.74) is -1.34. The Balaban J connectivity index is 2.68. The normalized spacial score (nSPS) is 14.3. The predicted octanol–water partition coefficient (Wildman–Crippen LogP) is 2.91. The van der Waals surface area contributed by atoms with Crippen molar-refractivity contribution in [2.45, 2.75) is 25.4 Å². The van der Waals surface area contributed by atoms with Crippen LogP contribution in [-0.4, -0.2) is 16.2 Å². The van der Waals surface area contributed by atoms with E-state index in [1.165, 1.54) is 0 Å². The first-order valence-electron chi connectivity index (χ1n) is 6.03. The molecule has 0 saturated heterocycles. The zero-order chi connectivity index (χ0) is 13.2. The lowest BCUT2D eigenvalue weighted by molar-refractivity contribution is -0.160. The summed E-state index contributed by atoms with van der Waals surface area (Å²) in [6.45, 7) is 1.86. The number of fused-ring (bicyclic) bond motifs is 1. The first-order chi connectivity index (χ1) is 8.59. The molecule has 0 spiro atoms. The maximum Gasteiger partial charge on any atom is 0.340 e. The van der Waals surface area contributed by atoms with Crippen molar-refractivity contribution in [3.8, 4) is 0 Å². The molecule has 3 nitrogen and oxygen atoms in total. The number of aliphatic carboxylic acids is 1. The number of carboxylic acid groups (broad SMARTS) is 1. The van der Waals surface area contributed by atoms with Gasteiger partial charge < -0.3 is 10.2 Å². The Morgan fingerprint density at radius 3 is 2.50 bits per heavy atom. The lowest BCUT2D eigenvalue weighted by Gasteiger charge is -2.24. The standard InChI is InChI=1S/C15H16O3/c1-2-10-15(18,14(16)17)13-9-5-7-11-6-3-4-8-12(11)13/h3-9,18H,2,10H2,1H3,(H,16,17). The molecule has 2 aromatic carbocycles. The van der Waals surface area contributed by atoms with Crippen molar-refractivity contribution in [1.82, 2.24) is 0 Å². The van der Waals surface area contributed by atoms with Crippen LogP contribution in [-0.2, 0) is 10.4 Å². The molecule has 2 aromatic rings. The van der Waals surface area contributed by atoms with E-state index >= 15 is 0 Å². The Hall–Kier alpha value is -1.87. The summed E-state index contributed by atoms with van der Waals surface area (Å²) in [5.74, 6) is -1.19. The van der Waals surface area contributed by atoms with Gasteiger partial charge in [0.1, 0.15) is 0 Å². The Morgan fingerprint density at radius 1 is 1.17 bits per heavy atom. The molecule has 1 unspecified atom stereocenters. The van der Waals surface area contributed by atoms with Gasteiger partial charge in [0.25, 0.3) is 0 Å². The van der Waals surface area contributed by atoms with E-state index in [0.29, 0.717) is 12.0 Å². The molecular formula is C15H16O3. The van der Waals surface area contributed by atoms with Gasteiger partial charge in [0.05, 0.1) is 0 Å². The van der Waals surface area contributed by atoms with Crippen molar-refractivity contribution in [2.75, 3.05) is 0 Å². The molecule has 0 aliphatic rings. The van der Waals surface area contributed by atoms with E-state index in [0.717, 1.165) is 10.8 Å². The minimum atomic E-state index is -1.81. The number of hydrogen-bond acceptors (Lipinski definition) is 2. The second-order valence-electron chi connectivity index (χ2n) is 4.44. The van der Waals surface area contributed by atoms with E-state index < -0.39 is 11.6 Å². The number of rotatable bonds is 4. The third kappa shape index (κ3) is 1.97. The van der Waals surface area contributed by atoms with E-state index in [-0.39, 0.29) is 6.42 Å². The Morgan fingerprint density at radius 2 is 1.83 bits per heavy atom. The highest BCUT2D eigenvalue weighted by Crippen LogP contribution is 2.32. The van der Waals surface area contributed by atoms with Gasteiger partial charge in [-0.05, 0) is 17.2 Å². The van der Waals surface area contributed by atoms with Gasteiger partial charge in [0, 0.05) is 5.56 Å². The van der Waals surface area contributed by atoms with Crippen LogP contribution in [0.5, 0.6) is 0 Å². The summed E-state index contributed by atoms with van der Waals surface area (Å²) in [6.07, 6.45) is 0.808. The molecule has 0 heterocycles. The molecule has 0 radical (unpaired) electrons. The van der Waals surface area contributed by atoms with Crippen molar-refractivity contribution >= 4 is 16.7 Å². The summed E-state index contributed by atoms with van der Waals surface area (Å²) in [7, 11) is 0. The Kier molecular flexibility index (Phi) is 3.34. The highest BCUT2D eigenvalue weighted by molar-refractivity contribution is 5.92. The van der Waals surface area contributed by atoms with Crippen LogP contribution in [0.25, 0.3) is 10.8 Å². The van der Waals surface area contributed by atoms with Gasteiger partial charge in [-0.2, -0.15) is 0 Å². The second-order valence-corrected chi connectivity index (χ2v) is 4.44. The van der Waals surface area contributed by atoms with Crippen LogP contribution in [0.1, 0.15) is 25.3 Å². The Labute approximate surface area is 106 Å². The van der Waals surface area contributed by atoms with E-state index in [1.54, 1.807) is 12.1 Å². The van der Waals surface area contributed by atoms with Gasteiger partial charge in [-0.25, -0.2) is 4.79 Å². The molecule has 0 saturated carbocycles. The zero-order valence-electron chi connectivity index (χ0n) is 10.3. The number of benzene rings is 2. The van der Waals surface area contributed by atoms with Crippen LogP contribution >= 0.6 is 0 Å². The highest BCUT2D eigenvalue weighted by Gasteiger charge is 2.38. The fourth-order valence-corrected chi connectivity index (χ4v) is 2.30. The van der Waals surface area contributed by atoms with Crippen LogP contribution in [0.3, 0.4) is 0 Å². The van der Waals surface area contributed by atoms with Crippen molar-refractivity contribution in [2.24, 2.45) is 0 Å². The van der Waals surface area contributed by atoms with E-state index in [1.807, 2.05) is 37.3 Å². The Bertz CT molecular complexity index is 571. The number of aliphatic hydroxyl groups is 1. The molecule has 0 fully saturated rings. The minimum absolute atomic E-state index is 0.205. The number of hydrogen-bond donors (Lipinski definition) is 2. The van der Waals surface area contributed by atoms with Crippen LogP contribution in [0.15, 0.2) is 42.5 Å². The zero-order valence-corrected chi connectivity index (χ0v) is 10.3. The second kappa shape index (κ2) is 4.78. The average molecular weight is 244 g/mol. The van der Waals surface area contributed by atoms with E-state index in [4.69, 9.17) is 0 Å². The first kappa shape index (κ1) is 12.6. The summed E-state index contributed by atoms with van der Waals surface area (Å²) in [5, 5.41) is 21.5. The fraction of sp³-hybridized carbons (Fsp3) is 0.267. The molecule has 2 N–H and O–H groups in total. The van der Waals surface area contributed by atoms with Crippen molar-refractivity contribution in [1.29, 1.82) is 0 Å². The van der Waals surface area contributed by atoms with Gasteiger partial charge in [-0.15, -0.1) is 0 Å². The maximum absolute atomic E-state index is 11.4. The van der Waals surface area contributed by atoms with Gasteiger partial charge in [0.15, 0.2) is 5.60 Å². The largest absolute Gasteiger partial charge is 0.479 e. The van der Waals surface area contributed by atoms with Crippen molar-refractivity contribution in [3.63, 3.8) is 0 Å². The summed E-state index contributed by atoms with van der Waals surface area (Å²) in [6, 6.07) is 12.9. The molecule has 3 heteroatoms. The topological polar surface area (TPSA) is 57.5 Å². The minimum Gasteiger partial charge on any atom is -0.479 e. The third-order valence-corrected chi connectivity index (χ3v) is 3.20. The molecule has 0 aliphatic heterocycles. The van der Waals surface area contributed by atoms with Gasteiger partial charge >= 0.3 is 5.97 Å². The molecular weight excluding hydrogens is 228 g/mol. The molecule has 18 heavy (non-hydrogen) atoms. The molecule has 0 bridgehead atoms. The monoisotopic (exact) mass is 244 g/mol. The van der Waals surface area contributed by atoms with Crippen molar-refractivity contribution in [3.05, 3.63) is 48.0 Å². The van der Waals surface area contributed by atoms with Crippen LogP contribution in [0, 0.1) is 0 Å². The summed E-state index contributed by atoms with van der Waals surface area (Å²) < 4.78 is 0. The third-order valence-electron chi connectivity index (χ3n) is 3.20. The number of carboxylic acids is 1. The van der Waals surface area contributed by atoms with Gasteiger partial charge in [0.2, 0.25) is 0 Å². The highest BCUT2D eigenvalue weighted by atomic mass is 16.4. The smallest absolute Gasteiger partial charge is 0.340 e. The molecule has 2 rings (SSSR count). The van der Waals surface area contributed by atoms with Crippen molar-refractivity contribution < 1.29 is 15.0 Å². The predicted molar refractivity (Wildman–Crippen MR) is 70.4 cm³/mol. The molecule has 0 amide bonds. The molecule has 94 valence electrons. The fourth-order valence-electron chi connectivity index (χ4n) is 2.30. The molecule has 1 atom stereocenters. The lowest BCUT2D eigenvalue weighted by Crippen LogP contribution is -2.35. The lowest BCUT2D eigenvalue weighted by atomic mass is 9.86. The molecule has 0 aliphatic carbocycles. The van der Waals surface area contributed by atoms with E-state index in [2.05, 4.69) is 0 Å². The van der Waals surface area contributed by atoms with Crippen LogP contribution in [0.2, 0.25) is 0 Å². The number of carbonyl (C=O) groups is 1. The van der Waals surface area contributed by atoms with Gasteiger partial charge in [-0.3, -0.25) is 0 Å². The first-order valence-corrected chi connectivity index (χ1v) is 6.03. The average Bonchev–Trinajstić information content (AvgIpc) is 2.38. The molecule has 0 aromatic heterocycles. The summed E-state index contributed by atoms with van der Waals surface area (Å²) in [4.78, 5) is 11.4. The van der Waals surface area contributed by atoms with Crippen LogP contribution < -0.4 is 0 Å². The van der Waals surface area contributed by atoms with Crippen LogP contribution in [0.4, 0.5) is 0 Å². The summed E-state index contributed by atoms with van der Waals surface area (Å²) >= 11 is 0. The SMILES string of the molecule is CCCC(O)(C(=O)O)c1cccc2ccccc12. The van der Waals surface area contributed by atoms with Gasteiger partial charge in [-0.1, -0.05) is 55.8 Å². The van der Waals surface area contributed by atoms with E-state index in [9.17, 15) is 15.0 Å². The quantitative estimate of drug-likeness (QED) is 0.869. The maximum atomic E-state index is 11.4.